The second kappa shape index (κ2) is 8.09. The molecule has 0 bridgehead atoms. The fourth-order valence-corrected chi connectivity index (χ4v) is 2.94. The van der Waals surface area contributed by atoms with Gasteiger partial charge in [-0.25, -0.2) is 14.5 Å². The minimum Gasteiger partial charge on any atom is -0.495 e. The van der Waals surface area contributed by atoms with Crippen LogP contribution in [-0.2, 0) is 0 Å². The molecule has 7 nitrogen and oxygen atoms in total. The minimum atomic E-state index is -0.368. The zero-order valence-corrected chi connectivity index (χ0v) is 16.0. The molecule has 0 aliphatic carbocycles. The number of nitrogens with one attached hydrogen (secondary N) is 2. The van der Waals surface area contributed by atoms with E-state index in [9.17, 15) is 4.79 Å². The average Bonchev–Trinajstić information content (AvgIpc) is 3.04. The number of anilines is 1. The summed E-state index contributed by atoms with van der Waals surface area (Å²) in [6.07, 6.45) is 3.44. The summed E-state index contributed by atoms with van der Waals surface area (Å²) in [5.41, 5.74) is 2.30. The van der Waals surface area contributed by atoms with E-state index in [1.54, 1.807) is 35.3 Å². The Morgan fingerprint density at radius 1 is 1.30 bits per heavy atom. The third-order valence-electron chi connectivity index (χ3n) is 4.14. The molecule has 0 unspecified atom stereocenters. The van der Waals surface area contributed by atoms with E-state index in [1.165, 1.54) is 7.11 Å². The van der Waals surface area contributed by atoms with E-state index in [2.05, 4.69) is 20.7 Å². The van der Waals surface area contributed by atoms with E-state index in [0.717, 1.165) is 17.1 Å². The first-order chi connectivity index (χ1) is 13.0. The third-order valence-corrected chi connectivity index (χ3v) is 4.37. The number of halogens is 1. The summed E-state index contributed by atoms with van der Waals surface area (Å²) in [4.78, 5) is 16.7. The standard InChI is InChI=1S/C19H20ClN5O2/c1-12(15-11-22-25(13(15)2)18-6-4-5-9-21-18)23-19(26)24-16-10-14(20)7-8-17(16)27-3/h4-12H,1-3H3,(H2,23,24,26)/t12-/m0/s1. The van der Waals surface area contributed by atoms with Crippen LogP contribution in [0, 0.1) is 6.92 Å². The van der Waals surface area contributed by atoms with Gasteiger partial charge in [0.2, 0.25) is 0 Å². The van der Waals surface area contributed by atoms with Crippen LogP contribution >= 0.6 is 11.6 Å². The highest BCUT2D eigenvalue weighted by Gasteiger charge is 2.17. The summed E-state index contributed by atoms with van der Waals surface area (Å²) in [5, 5.41) is 10.5. The molecular formula is C19H20ClN5O2. The first kappa shape index (κ1) is 18.7. The van der Waals surface area contributed by atoms with Crippen LogP contribution < -0.4 is 15.4 Å². The Kier molecular flexibility index (Phi) is 5.61. The summed E-state index contributed by atoms with van der Waals surface area (Å²) in [5.74, 6) is 1.25. The molecule has 1 aromatic carbocycles. The Bertz CT molecular complexity index is 943. The summed E-state index contributed by atoms with van der Waals surface area (Å²) in [6.45, 7) is 3.83. The van der Waals surface area contributed by atoms with Crippen molar-refractivity contribution in [1.29, 1.82) is 0 Å². The van der Waals surface area contributed by atoms with Crippen molar-refractivity contribution in [2.24, 2.45) is 0 Å². The maximum atomic E-state index is 12.4. The van der Waals surface area contributed by atoms with Crippen LogP contribution in [-0.4, -0.2) is 27.9 Å². The Hall–Kier alpha value is -3.06. The highest BCUT2D eigenvalue weighted by molar-refractivity contribution is 6.31. The van der Waals surface area contributed by atoms with Crippen LogP contribution in [0.5, 0.6) is 5.75 Å². The van der Waals surface area contributed by atoms with Crippen LogP contribution in [0.2, 0.25) is 5.02 Å². The number of carbonyl (C=O) groups is 1. The quantitative estimate of drug-likeness (QED) is 0.692. The monoisotopic (exact) mass is 385 g/mol. The highest BCUT2D eigenvalue weighted by Crippen LogP contribution is 2.28. The number of urea groups is 1. The molecule has 1 atom stereocenters. The van der Waals surface area contributed by atoms with Crippen LogP contribution in [0.4, 0.5) is 10.5 Å². The molecule has 3 rings (SSSR count). The second-order valence-corrected chi connectivity index (χ2v) is 6.39. The maximum absolute atomic E-state index is 12.4. The maximum Gasteiger partial charge on any atom is 0.319 e. The lowest BCUT2D eigenvalue weighted by atomic mass is 10.1. The van der Waals surface area contributed by atoms with Crippen molar-refractivity contribution in [3.8, 4) is 11.6 Å². The molecule has 0 spiro atoms. The fraction of sp³-hybridized carbons (Fsp3) is 0.211. The van der Waals surface area contributed by atoms with Crippen molar-refractivity contribution in [1.82, 2.24) is 20.1 Å². The first-order valence-corrected chi connectivity index (χ1v) is 8.74. The molecular weight excluding hydrogens is 366 g/mol. The minimum absolute atomic E-state index is 0.257. The number of ether oxygens (including phenoxy) is 1. The van der Waals surface area contributed by atoms with Crippen LogP contribution in [0.25, 0.3) is 5.82 Å². The molecule has 0 fully saturated rings. The molecule has 8 heteroatoms. The van der Waals surface area contributed by atoms with Gasteiger partial charge in [-0.1, -0.05) is 17.7 Å². The molecule has 0 aliphatic heterocycles. The van der Waals surface area contributed by atoms with Crippen molar-refractivity contribution in [2.45, 2.75) is 19.9 Å². The molecule has 2 aromatic heterocycles. The number of rotatable bonds is 5. The van der Waals surface area contributed by atoms with E-state index in [-0.39, 0.29) is 12.1 Å². The number of carbonyl (C=O) groups excluding carboxylic acids is 1. The Balaban J connectivity index is 1.73. The molecule has 27 heavy (non-hydrogen) atoms. The number of aromatic nitrogens is 3. The third kappa shape index (κ3) is 4.20. The number of hydrogen-bond donors (Lipinski definition) is 2. The molecule has 0 radical (unpaired) electrons. The number of amides is 2. The Morgan fingerprint density at radius 3 is 2.81 bits per heavy atom. The van der Waals surface area contributed by atoms with Crippen LogP contribution in [0.3, 0.4) is 0 Å². The topological polar surface area (TPSA) is 81.1 Å². The summed E-state index contributed by atoms with van der Waals surface area (Å²) < 4.78 is 6.98. The lowest BCUT2D eigenvalue weighted by molar-refractivity contribution is 0.249. The van der Waals surface area contributed by atoms with Gasteiger partial charge < -0.3 is 15.4 Å². The lowest BCUT2D eigenvalue weighted by Crippen LogP contribution is -2.31. The molecule has 0 saturated carbocycles. The van der Waals surface area contributed by atoms with Gasteiger partial charge in [0.15, 0.2) is 5.82 Å². The van der Waals surface area contributed by atoms with Crippen molar-refractivity contribution >= 4 is 23.3 Å². The average molecular weight is 386 g/mol. The van der Waals surface area contributed by atoms with Gasteiger partial charge in [0, 0.05) is 22.5 Å². The van der Waals surface area contributed by atoms with Crippen molar-refractivity contribution in [3.63, 3.8) is 0 Å². The molecule has 2 amide bonds. The largest absolute Gasteiger partial charge is 0.495 e. The number of hydrogen-bond acceptors (Lipinski definition) is 4. The molecule has 2 N–H and O–H groups in total. The number of pyridine rings is 1. The van der Waals surface area contributed by atoms with E-state index < -0.39 is 0 Å². The predicted octanol–water partition coefficient (Wildman–Crippen LogP) is 4.12. The summed E-state index contributed by atoms with van der Waals surface area (Å²) in [6, 6.07) is 10.0. The van der Waals surface area contributed by atoms with Crippen molar-refractivity contribution in [2.75, 3.05) is 12.4 Å². The van der Waals surface area contributed by atoms with Crippen molar-refractivity contribution in [3.05, 3.63) is 65.1 Å². The fourth-order valence-electron chi connectivity index (χ4n) is 2.77. The van der Waals surface area contributed by atoms with Gasteiger partial charge in [0.25, 0.3) is 0 Å². The zero-order valence-electron chi connectivity index (χ0n) is 15.2. The van der Waals surface area contributed by atoms with Gasteiger partial charge in [0.05, 0.1) is 25.0 Å². The van der Waals surface area contributed by atoms with Gasteiger partial charge in [0.1, 0.15) is 5.75 Å². The molecule has 140 valence electrons. The molecule has 2 heterocycles. The normalized spacial score (nSPS) is 11.7. The molecule has 3 aromatic rings. The smallest absolute Gasteiger partial charge is 0.319 e. The van der Waals surface area contributed by atoms with Crippen molar-refractivity contribution < 1.29 is 9.53 Å². The highest BCUT2D eigenvalue weighted by atomic mass is 35.5. The SMILES string of the molecule is COc1ccc(Cl)cc1NC(=O)N[C@@H](C)c1cnn(-c2ccccn2)c1C. The van der Waals surface area contributed by atoms with Gasteiger partial charge in [-0.05, 0) is 44.2 Å². The lowest BCUT2D eigenvalue weighted by Gasteiger charge is -2.16. The molecule has 0 aliphatic rings. The van der Waals surface area contributed by atoms with Gasteiger partial charge in [-0.3, -0.25) is 0 Å². The van der Waals surface area contributed by atoms with E-state index in [1.807, 2.05) is 32.0 Å². The summed E-state index contributed by atoms with van der Waals surface area (Å²) >= 11 is 6.00. The summed E-state index contributed by atoms with van der Waals surface area (Å²) in [7, 11) is 1.53. The Morgan fingerprint density at radius 2 is 2.11 bits per heavy atom. The first-order valence-electron chi connectivity index (χ1n) is 8.36. The van der Waals surface area contributed by atoms with Gasteiger partial charge >= 0.3 is 6.03 Å². The van der Waals surface area contributed by atoms with Gasteiger partial charge in [-0.15, -0.1) is 0 Å². The number of benzene rings is 1. The van der Waals surface area contributed by atoms with E-state index in [4.69, 9.17) is 16.3 Å². The van der Waals surface area contributed by atoms with Crippen LogP contribution in [0.15, 0.2) is 48.8 Å². The predicted molar refractivity (Wildman–Crippen MR) is 105 cm³/mol. The van der Waals surface area contributed by atoms with Gasteiger partial charge in [-0.2, -0.15) is 5.10 Å². The Labute approximate surface area is 162 Å². The second-order valence-electron chi connectivity index (χ2n) is 5.95. The number of methoxy groups -OCH3 is 1. The van der Waals surface area contributed by atoms with E-state index in [0.29, 0.717) is 16.5 Å². The van der Waals surface area contributed by atoms with Crippen LogP contribution in [0.1, 0.15) is 24.2 Å². The van der Waals surface area contributed by atoms with E-state index >= 15 is 0 Å². The number of nitrogens with zero attached hydrogens (tertiary/aromatic N) is 3. The zero-order chi connectivity index (χ0) is 19.4. The molecule has 0 saturated heterocycles.